The minimum absolute atomic E-state index is 0. The molecule has 0 saturated heterocycles. The van der Waals surface area contributed by atoms with E-state index >= 15 is 0 Å². The second-order valence-electron chi connectivity index (χ2n) is 0.949. The molecule has 0 aliphatic heterocycles. The Bertz CT molecular complexity index is 22.5. The van der Waals surface area contributed by atoms with Crippen molar-refractivity contribution in [3.8, 4) is 0 Å². The van der Waals surface area contributed by atoms with Gasteiger partial charge in [0.05, 0.1) is 0 Å². The van der Waals surface area contributed by atoms with Gasteiger partial charge >= 0.3 is 29.6 Å². The molecule has 0 heterocycles. The summed E-state index contributed by atoms with van der Waals surface area (Å²) < 4.78 is 0. The van der Waals surface area contributed by atoms with Gasteiger partial charge in [-0.3, -0.25) is 0 Å². The van der Waals surface area contributed by atoms with E-state index in [2.05, 4.69) is 0 Å². The van der Waals surface area contributed by atoms with Gasteiger partial charge in [0.2, 0.25) is 0 Å². The summed E-state index contributed by atoms with van der Waals surface area (Å²) in [5.41, 5.74) is 0. The topological polar surface area (TPSA) is 60.7 Å². The zero-order valence-corrected chi connectivity index (χ0v) is 8.20. The first-order chi connectivity index (χ1) is 4.24. The van der Waals surface area contributed by atoms with Crippen molar-refractivity contribution in [2.75, 3.05) is 19.8 Å². The molecule has 0 aromatic carbocycles. The molecule has 5 heteroatoms. The zero-order valence-electron chi connectivity index (χ0n) is 7.04. The summed E-state index contributed by atoms with van der Waals surface area (Å²) in [6.45, 7) is 5.79. The molecule has 0 aliphatic carbocycles. The van der Waals surface area contributed by atoms with Gasteiger partial charge in [0.25, 0.3) is 0 Å². The molecule has 0 aromatic heterocycles. The van der Waals surface area contributed by atoms with Gasteiger partial charge in [-0.25, -0.2) is 0 Å². The molecular weight excluding hydrogens is 170 g/mol. The van der Waals surface area contributed by atoms with Crippen LogP contribution >= 0.6 is 0 Å². The Kier molecular flexibility index (Phi) is 170. The standard InChI is InChI=1S/3C2H6O.Al.Na.H/c3*1-2-3;;;/h3*3H,2H2,1H3;;;. The molecule has 0 bridgehead atoms. The third-order valence-corrected chi connectivity index (χ3v) is 0. The van der Waals surface area contributed by atoms with Crippen LogP contribution in [0.3, 0.4) is 0 Å². The fourth-order valence-electron chi connectivity index (χ4n) is 0. The Labute approximate surface area is 102 Å². The predicted molar refractivity (Wildman–Crippen MR) is 51.2 cm³/mol. The molecule has 0 amide bonds. The summed E-state index contributed by atoms with van der Waals surface area (Å²) in [5.74, 6) is 0. The van der Waals surface area contributed by atoms with Gasteiger partial charge in [0.15, 0.2) is 0 Å². The van der Waals surface area contributed by atoms with Crippen molar-refractivity contribution in [3.05, 3.63) is 0 Å². The maximum atomic E-state index is 7.57. The molecule has 0 unspecified atom stereocenters. The van der Waals surface area contributed by atoms with E-state index in [0.717, 1.165) is 0 Å². The van der Waals surface area contributed by atoms with Crippen LogP contribution < -0.4 is 0 Å². The van der Waals surface area contributed by atoms with Crippen molar-refractivity contribution in [2.24, 2.45) is 0 Å². The van der Waals surface area contributed by atoms with E-state index in [4.69, 9.17) is 15.3 Å². The van der Waals surface area contributed by atoms with Crippen molar-refractivity contribution >= 4 is 46.9 Å². The molecular formula is C6H19AlNaO3. The fourth-order valence-corrected chi connectivity index (χ4v) is 0. The van der Waals surface area contributed by atoms with Crippen molar-refractivity contribution in [2.45, 2.75) is 20.8 Å². The Balaban J connectivity index is -0.0000000150. The number of hydrogen-bond acceptors (Lipinski definition) is 3. The van der Waals surface area contributed by atoms with Crippen LogP contribution in [0.25, 0.3) is 0 Å². The molecule has 0 aliphatic rings. The summed E-state index contributed by atoms with van der Waals surface area (Å²) in [5, 5.41) is 22.7. The Morgan fingerprint density at radius 1 is 0.727 bits per heavy atom. The first-order valence-corrected chi connectivity index (χ1v) is 3.07. The molecule has 3 radical (unpaired) electrons. The first-order valence-electron chi connectivity index (χ1n) is 3.07. The van der Waals surface area contributed by atoms with E-state index in [1.54, 1.807) is 20.8 Å². The summed E-state index contributed by atoms with van der Waals surface area (Å²) in [7, 11) is 0. The molecule has 0 atom stereocenters. The Morgan fingerprint density at radius 3 is 0.727 bits per heavy atom. The number of rotatable bonds is 0. The van der Waals surface area contributed by atoms with Crippen LogP contribution in [0.1, 0.15) is 20.8 Å². The third-order valence-electron chi connectivity index (χ3n) is 0. The Hall–Kier alpha value is 1.41. The summed E-state index contributed by atoms with van der Waals surface area (Å²) >= 11 is 0. The second kappa shape index (κ2) is 63.6. The molecule has 11 heavy (non-hydrogen) atoms. The first kappa shape index (κ1) is 29.4. The zero-order chi connectivity index (χ0) is 8.12. The van der Waals surface area contributed by atoms with Gasteiger partial charge in [0, 0.05) is 37.2 Å². The summed E-state index contributed by atoms with van der Waals surface area (Å²) in [4.78, 5) is 0. The van der Waals surface area contributed by atoms with Gasteiger partial charge in [-0.2, -0.15) is 0 Å². The quantitative estimate of drug-likeness (QED) is 0.427. The van der Waals surface area contributed by atoms with Crippen LogP contribution in [0.5, 0.6) is 0 Å². The average Bonchev–Trinajstić information content (AvgIpc) is 1.70. The molecule has 3 N–H and O–H groups in total. The van der Waals surface area contributed by atoms with E-state index in [-0.39, 0.29) is 66.7 Å². The van der Waals surface area contributed by atoms with Crippen LogP contribution in [0.2, 0.25) is 0 Å². The van der Waals surface area contributed by atoms with E-state index in [1.807, 2.05) is 0 Å². The predicted octanol–water partition coefficient (Wildman–Crippen LogP) is -1.03. The van der Waals surface area contributed by atoms with Crippen LogP contribution in [-0.4, -0.2) is 82.1 Å². The van der Waals surface area contributed by atoms with Gasteiger partial charge in [-0.1, -0.05) is 0 Å². The van der Waals surface area contributed by atoms with Crippen LogP contribution in [0.15, 0.2) is 0 Å². The minimum atomic E-state index is 0. The summed E-state index contributed by atoms with van der Waals surface area (Å²) in [6.07, 6.45) is 0. The molecule has 0 rings (SSSR count). The normalized spacial score (nSPS) is 4.91. The van der Waals surface area contributed by atoms with Crippen molar-refractivity contribution < 1.29 is 15.3 Å². The van der Waals surface area contributed by atoms with Crippen molar-refractivity contribution in [1.29, 1.82) is 0 Å². The molecule has 0 fully saturated rings. The number of aliphatic hydroxyl groups is 3. The van der Waals surface area contributed by atoms with Crippen LogP contribution in [0, 0.1) is 0 Å². The van der Waals surface area contributed by atoms with E-state index in [0.29, 0.717) is 0 Å². The van der Waals surface area contributed by atoms with E-state index < -0.39 is 0 Å². The third kappa shape index (κ3) is 507. The molecule has 0 saturated carbocycles. The summed E-state index contributed by atoms with van der Waals surface area (Å²) in [6, 6.07) is 0. The van der Waals surface area contributed by atoms with Crippen LogP contribution in [0.4, 0.5) is 0 Å². The maximum absolute atomic E-state index is 7.57. The molecule has 65 valence electrons. The second-order valence-corrected chi connectivity index (χ2v) is 0.949. The molecule has 0 aromatic rings. The van der Waals surface area contributed by atoms with Crippen molar-refractivity contribution in [1.82, 2.24) is 0 Å². The fraction of sp³-hybridized carbons (Fsp3) is 1.00. The monoisotopic (exact) mass is 189 g/mol. The average molecular weight is 189 g/mol. The molecule has 3 nitrogen and oxygen atoms in total. The van der Waals surface area contributed by atoms with Gasteiger partial charge < -0.3 is 15.3 Å². The van der Waals surface area contributed by atoms with E-state index in [1.165, 1.54) is 0 Å². The number of aliphatic hydroxyl groups excluding tert-OH is 3. The molecule has 0 spiro atoms. The van der Waals surface area contributed by atoms with Gasteiger partial charge in [0.1, 0.15) is 0 Å². The Morgan fingerprint density at radius 2 is 0.727 bits per heavy atom. The van der Waals surface area contributed by atoms with E-state index in [9.17, 15) is 0 Å². The van der Waals surface area contributed by atoms with Gasteiger partial charge in [-0.15, -0.1) is 0 Å². The SMILES string of the molecule is CCO.CCO.CCO.[Al].[NaH]. The van der Waals surface area contributed by atoms with Crippen LogP contribution in [-0.2, 0) is 0 Å². The number of hydrogen-bond donors (Lipinski definition) is 3. The van der Waals surface area contributed by atoms with Gasteiger partial charge in [-0.05, 0) is 20.8 Å². The van der Waals surface area contributed by atoms with Crippen molar-refractivity contribution in [3.63, 3.8) is 0 Å².